The molecule has 7 nitrogen and oxygen atoms in total. The lowest BCUT2D eigenvalue weighted by Gasteiger charge is -2.25. The summed E-state index contributed by atoms with van der Waals surface area (Å²) in [7, 11) is 1.60. The lowest BCUT2D eigenvalue weighted by Crippen LogP contribution is -2.39. The van der Waals surface area contributed by atoms with Crippen molar-refractivity contribution in [3.05, 3.63) is 52.3 Å². The number of aromatic amines is 1. The second-order valence-corrected chi connectivity index (χ2v) is 7.38. The second-order valence-electron chi connectivity index (χ2n) is 7.38. The Morgan fingerprint density at radius 3 is 2.55 bits per heavy atom. The molecule has 1 aromatic heterocycles. The van der Waals surface area contributed by atoms with Crippen LogP contribution in [0.3, 0.4) is 0 Å². The van der Waals surface area contributed by atoms with Gasteiger partial charge in [-0.3, -0.25) is 9.59 Å². The summed E-state index contributed by atoms with van der Waals surface area (Å²) in [4.78, 5) is 29.9. The number of fused-ring (bicyclic) bond motifs is 1. The quantitative estimate of drug-likeness (QED) is 0.668. The number of aliphatic hydroxyl groups is 1. The molecule has 1 aromatic carbocycles. The summed E-state index contributed by atoms with van der Waals surface area (Å²) < 4.78 is 5.14. The lowest BCUT2D eigenvalue weighted by molar-refractivity contribution is 0.0743. The van der Waals surface area contributed by atoms with Crippen molar-refractivity contribution < 1.29 is 14.6 Å². The molecule has 2 saturated heterocycles. The number of likely N-dealkylation sites (tertiary alicyclic amines) is 1. The summed E-state index contributed by atoms with van der Waals surface area (Å²) in [6.07, 6.45) is 0. The number of aromatic nitrogens is 1. The number of H-pyrrole nitrogens is 1. The minimum Gasteiger partial charge on any atom is -0.497 e. The van der Waals surface area contributed by atoms with Gasteiger partial charge in [-0.25, -0.2) is 0 Å². The Balaban J connectivity index is 0.00000150. The number of carbonyl (C=O) groups excluding carboxylic acids is 1. The molecular formula is C20H25Cl2N3O4. The van der Waals surface area contributed by atoms with Crippen molar-refractivity contribution in [2.45, 2.75) is 0 Å². The van der Waals surface area contributed by atoms with Gasteiger partial charge in [0.25, 0.3) is 11.5 Å². The number of hydrogen-bond donors (Lipinski definition) is 3. The van der Waals surface area contributed by atoms with Gasteiger partial charge in [-0.1, -0.05) is 0 Å². The summed E-state index contributed by atoms with van der Waals surface area (Å²) >= 11 is 0. The minimum absolute atomic E-state index is 0. The van der Waals surface area contributed by atoms with Gasteiger partial charge in [0, 0.05) is 37.3 Å². The van der Waals surface area contributed by atoms with Crippen LogP contribution >= 0.6 is 24.8 Å². The van der Waals surface area contributed by atoms with Gasteiger partial charge in [-0.05, 0) is 47.9 Å². The predicted molar refractivity (Wildman–Crippen MR) is 115 cm³/mol. The molecule has 1 amide bonds. The molecule has 0 radical (unpaired) electrons. The molecule has 3 heterocycles. The van der Waals surface area contributed by atoms with E-state index in [1.54, 1.807) is 24.1 Å². The van der Waals surface area contributed by atoms with E-state index >= 15 is 0 Å². The Morgan fingerprint density at radius 2 is 1.97 bits per heavy atom. The molecule has 9 heteroatoms. The topological polar surface area (TPSA) is 94.7 Å². The third kappa shape index (κ3) is 4.14. The number of pyridine rings is 1. The van der Waals surface area contributed by atoms with Crippen molar-refractivity contribution >= 4 is 30.7 Å². The zero-order chi connectivity index (χ0) is 19.0. The summed E-state index contributed by atoms with van der Waals surface area (Å²) in [6.45, 7) is 2.56. The number of rotatable bonds is 4. The van der Waals surface area contributed by atoms with Crippen LogP contribution in [0, 0.1) is 11.3 Å². The van der Waals surface area contributed by atoms with Crippen LogP contribution in [0.5, 0.6) is 5.75 Å². The van der Waals surface area contributed by atoms with E-state index in [0.29, 0.717) is 25.3 Å². The van der Waals surface area contributed by atoms with Crippen molar-refractivity contribution in [1.29, 1.82) is 0 Å². The Labute approximate surface area is 181 Å². The van der Waals surface area contributed by atoms with Crippen LogP contribution in [0.15, 0.2) is 41.2 Å². The number of aliphatic hydroxyl groups excluding tert-OH is 1. The molecule has 158 valence electrons. The highest BCUT2D eigenvalue weighted by atomic mass is 35.5. The maximum Gasteiger partial charge on any atom is 0.261 e. The third-order valence-corrected chi connectivity index (χ3v) is 5.82. The summed E-state index contributed by atoms with van der Waals surface area (Å²) in [5, 5.41) is 13.1. The van der Waals surface area contributed by atoms with Crippen LogP contribution in [0.1, 0.15) is 10.4 Å². The second kappa shape index (κ2) is 9.17. The van der Waals surface area contributed by atoms with Gasteiger partial charge in [0.1, 0.15) is 11.3 Å². The molecule has 3 N–H and O–H groups in total. The van der Waals surface area contributed by atoms with E-state index in [2.05, 4.69) is 10.3 Å². The standard InChI is InChI=1S/C20H23N3O4.2ClH/c1-27-15-4-2-13(3-5-15)17-7-6-16(18(25)22-17)19(26)23-9-14-8-21-10-20(14,11-23)12-24;;/h2-7,14,21,24H,8-12H2,1H3,(H,22,25);2*1H. The molecule has 29 heavy (non-hydrogen) atoms. The van der Waals surface area contributed by atoms with Gasteiger partial charge in [-0.15, -0.1) is 24.8 Å². The van der Waals surface area contributed by atoms with Gasteiger partial charge in [-0.2, -0.15) is 0 Å². The fourth-order valence-electron chi connectivity index (χ4n) is 4.15. The molecule has 0 aliphatic carbocycles. The van der Waals surface area contributed by atoms with Crippen LogP contribution in [-0.2, 0) is 0 Å². The van der Waals surface area contributed by atoms with E-state index in [4.69, 9.17) is 4.74 Å². The monoisotopic (exact) mass is 441 g/mol. The van der Waals surface area contributed by atoms with E-state index in [-0.39, 0.29) is 54.2 Å². The van der Waals surface area contributed by atoms with Gasteiger partial charge in [0.05, 0.1) is 13.7 Å². The van der Waals surface area contributed by atoms with Gasteiger partial charge >= 0.3 is 0 Å². The first kappa shape index (κ1) is 23.2. The molecule has 2 atom stereocenters. The number of ether oxygens (including phenoxy) is 1. The molecule has 0 bridgehead atoms. The highest BCUT2D eigenvalue weighted by Gasteiger charge is 2.50. The van der Waals surface area contributed by atoms with Gasteiger partial charge < -0.3 is 25.0 Å². The molecule has 2 aliphatic rings. The van der Waals surface area contributed by atoms with Crippen molar-refractivity contribution in [3.8, 4) is 17.0 Å². The predicted octanol–water partition coefficient (Wildman–Crippen LogP) is 1.55. The Bertz CT molecular complexity index is 919. The molecule has 0 saturated carbocycles. The highest BCUT2D eigenvalue weighted by molar-refractivity contribution is 5.94. The molecular weight excluding hydrogens is 417 g/mol. The maximum atomic E-state index is 12.9. The molecule has 4 rings (SSSR count). The number of methoxy groups -OCH3 is 1. The summed E-state index contributed by atoms with van der Waals surface area (Å²) in [6, 6.07) is 10.7. The number of nitrogens with zero attached hydrogens (tertiary/aromatic N) is 1. The largest absolute Gasteiger partial charge is 0.497 e. The molecule has 2 fully saturated rings. The van der Waals surface area contributed by atoms with E-state index in [0.717, 1.165) is 17.9 Å². The zero-order valence-electron chi connectivity index (χ0n) is 16.0. The smallest absolute Gasteiger partial charge is 0.261 e. The molecule has 2 aliphatic heterocycles. The number of hydrogen-bond acceptors (Lipinski definition) is 5. The fraction of sp³-hybridized carbons (Fsp3) is 0.400. The Morgan fingerprint density at radius 1 is 1.24 bits per heavy atom. The third-order valence-electron chi connectivity index (χ3n) is 5.82. The lowest BCUT2D eigenvalue weighted by atomic mass is 9.82. The molecule has 2 unspecified atom stereocenters. The van der Waals surface area contributed by atoms with E-state index in [9.17, 15) is 14.7 Å². The van der Waals surface area contributed by atoms with Crippen LogP contribution in [-0.4, -0.2) is 60.8 Å². The SMILES string of the molecule is COc1ccc(-c2ccc(C(=O)N3CC4CNCC4(CO)C3)c(=O)[nH]2)cc1.Cl.Cl. The first-order valence-electron chi connectivity index (χ1n) is 9.05. The molecule has 2 aromatic rings. The Hall–Kier alpha value is -2.06. The van der Waals surface area contributed by atoms with Crippen LogP contribution in [0.4, 0.5) is 0 Å². The maximum absolute atomic E-state index is 12.9. The average Bonchev–Trinajstić information content (AvgIpc) is 3.25. The number of benzene rings is 1. The zero-order valence-corrected chi connectivity index (χ0v) is 17.6. The molecule has 0 spiro atoms. The van der Waals surface area contributed by atoms with E-state index in [1.165, 1.54) is 0 Å². The first-order valence-corrected chi connectivity index (χ1v) is 9.05. The Kier molecular flexibility index (Phi) is 7.35. The van der Waals surface area contributed by atoms with Crippen molar-refractivity contribution in [2.75, 3.05) is 39.9 Å². The van der Waals surface area contributed by atoms with Crippen LogP contribution in [0.2, 0.25) is 0 Å². The van der Waals surface area contributed by atoms with Crippen LogP contribution in [0.25, 0.3) is 11.3 Å². The van der Waals surface area contributed by atoms with Gasteiger partial charge in [0.15, 0.2) is 0 Å². The van der Waals surface area contributed by atoms with Crippen LogP contribution < -0.4 is 15.6 Å². The summed E-state index contributed by atoms with van der Waals surface area (Å²) in [5.74, 6) is 0.684. The minimum atomic E-state index is -0.401. The van der Waals surface area contributed by atoms with E-state index in [1.807, 2.05) is 24.3 Å². The van der Waals surface area contributed by atoms with Gasteiger partial charge in [0.2, 0.25) is 0 Å². The number of nitrogens with one attached hydrogen (secondary N) is 2. The number of carbonyl (C=O) groups is 1. The highest BCUT2D eigenvalue weighted by Crippen LogP contribution is 2.38. The number of halogens is 2. The van der Waals surface area contributed by atoms with Crippen molar-refractivity contribution in [1.82, 2.24) is 15.2 Å². The summed E-state index contributed by atoms with van der Waals surface area (Å²) in [5.41, 5.74) is 0.933. The first-order chi connectivity index (χ1) is 13.1. The van der Waals surface area contributed by atoms with E-state index < -0.39 is 5.56 Å². The fourth-order valence-corrected chi connectivity index (χ4v) is 4.15. The average molecular weight is 442 g/mol. The number of amides is 1. The van der Waals surface area contributed by atoms with Crippen molar-refractivity contribution in [3.63, 3.8) is 0 Å². The normalized spacial score (nSPS) is 22.4. The van der Waals surface area contributed by atoms with Crippen molar-refractivity contribution in [2.24, 2.45) is 11.3 Å².